The van der Waals surface area contributed by atoms with E-state index in [-0.39, 0.29) is 5.91 Å². The summed E-state index contributed by atoms with van der Waals surface area (Å²) in [4.78, 5) is 17.5. The molecule has 94 valence electrons. The van der Waals surface area contributed by atoms with Crippen molar-refractivity contribution in [1.82, 2.24) is 10.3 Å². The first kappa shape index (κ1) is 12.3. The van der Waals surface area contributed by atoms with Gasteiger partial charge in [0.2, 0.25) is 0 Å². The second-order valence-electron chi connectivity index (χ2n) is 3.91. The first-order valence-electron chi connectivity index (χ1n) is 5.69. The number of morpholine rings is 1. The molecule has 1 unspecified atom stereocenters. The van der Waals surface area contributed by atoms with E-state index in [2.05, 4.69) is 16.4 Å². The van der Waals surface area contributed by atoms with E-state index >= 15 is 0 Å². The third-order valence-corrected chi connectivity index (χ3v) is 2.78. The Morgan fingerprint density at radius 1 is 1.72 bits per heavy atom. The first-order valence-corrected chi connectivity index (χ1v) is 5.69. The quantitative estimate of drug-likeness (QED) is 0.804. The smallest absolute Gasteiger partial charge is 0.269 e. The first-order chi connectivity index (χ1) is 8.74. The van der Waals surface area contributed by atoms with E-state index in [0.29, 0.717) is 25.4 Å². The van der Waals surface area contributed by atoms with Gasteiger partial charge in [0.25, 0.3) is 5.91 Å². The summed E-state index contributed by atoms with van der Waals surface area (Å²) in [6.45, 7) is 1.72. The van der Waals surface area contributed by atoms with Crippen molar-refractivity contribution in [3.63, 3.8) is 0 Å². The average molecular weight is 246 g/mol. The molecule has 0 saturated carbocycles. The largest absolute Gasteiger partial charge is 0.365 e. The maximum atomic E-state index is 11.5. The van der Waals surface area contributed by atoms with Gasteiger partial charge in [-0.1, -0.05) is 0 Å². The molecule has 6 nitrogen and oxygen atoms in total. The van der Waals surface area contributed by atoms with Crippen molar-refractivity contribution < 1.29 is 9.53 Å². The van der Waals surface area contributed by atoms with Gasteiger partial charge in [0.15, 0.2) is 6.10 Å². The minimum Gasteiger partial charge on any atom is -0.365 e. The molecule has 1 amide bonds. The number of aromatic nitrogens is 1. The van der Waals surface area contributed by atoms with Crippen molar-refractivity contribution in [2.24, 2.45) is 0 Å². The van der Waals surface area contributed by atoms with E-state index in [1.165, 1.54) is 0 Å². The average Bonchev–Trinajstić information content (AvgIpc) is 2.46. The lowest BCUT2D eigenvalue weighted by molar-refractivity contribution is 0.0764. The van der Waals surface area contributed by atoms with E-state index in [1.807, 2.05) is 11.0 Å². The molecule has 0 aliphatic carbocycles. The Morgan fingerprint density at radius 3 is 3.28 bits per heavy atom. The van der Waals surface area contributed by atoms with Gasteiger partial charge in [0, 0.05) is 25.5 Å². The number of pyridine rings is 1. The van der Waals surface area contributed by atoms with Crippen LogP contribution in [0.1, 0.15) is 10.5 Å². The number of amides is 1. The van der Waals surface area contributed by atoms with Crippen molar-refractivity contribution in [1.29, 1.82) is 5.26 Å². The number of carbonyl (C=O) groups is 1. The summed E-state index contributed by atoms with van der Waals surface area (Å²) in [5.41, 5.74) is 1.25. The molecule has 1 atom stereocenters. The summed E-state index contributed by atoms with van der Waals surface area (Å²) in [5, 5.41) is 11.4. The fourth-order valence-electron chi connectivity index (χ4n) is 1.83. The number of nitrogens with zero attached hydrogens (tertiary/aromatic N) is 3. The predicted octanol–water partition coefficient (Wildman–Crippen LogP) is 0.170. The molecule has 2 heterocycles. The van der Waals surface area contributed by atoms with Crippen molar-refractivity contribution in [2.45, 2.75) is 6.10 Å². The Hall–Kier alpha value is -2.13. The third-order valence-electron chi connectivity index (χ3n) is 2.78. The van der Waals surface area contributed by atoms with E-state index < -0.39 is 6.10 Å². The highest BCUT2D eigenvalue weighted by Crippen LogP contribution is 2.17. The molecule has 1 aliphatic heterocycles. The van der Waals surface area contributed by atoms with Gasteiger partial charge in [-0.15, -0.1) is 0 Å². The molecular formula is C12H14N4O2. The fraction of sp³-hybridized carbons (Fsp3) is 0.417. The molecule has 0 radical (unpaired) electrons. The lowest BCUT2D eigenvalue weighted by atomic mass is 10.2. The highest BCUT2D eigenvalue weighted by Gasteiger charge is 2.20. The molecule has 0 spiro atoms. The second kappa shape index (κ2) is 5.47. The number of nitriles is 1. The van der Waals surface area contributed by atoms with Gasteiger partial charge in [-0.2, -0.15) is 5.26 Å². The van der Waals surface area contributed by atoms with Crippen LogP contribution in [-0.4, -0.2) is 43.7 Å². The van der Waals surface area contributed by atoms with Crippen LogP contribution in [0.2, 0.25) is 0 Å². The number of nitrogens with one attached hydrogen (secondary N) is 1. The number of ether oxygens (including phenoxy) is 1. The molecule has 6 heteroatoms. The molecule has 0 aromatic carbocycles. The lowest BCUT2D eigenvalue weighted by Gasteiger charge is -2.31. The third kappa shape index (κ3) is 2.57. The normalized spacial score (nSPS) is 19.1. The SMILES string of the molecule is CNC(=O)c1cc(N2CCOC(C#N)C2)ccn1. The number of anilines is 1. The lowest BCUT2D eigenvalue weighted by Crippen LogP contribution is -2.42. The monoisotopic (exact) mass is 246 g/mol. The minimum atomic E-state index is -0.421. The van der Waals surface area contributed by atoms with Crippen molar-refractivity contribution in [3.8, 4) is 6.07 Å². The van der Waals surface area contributed by atoms with Gasteiger partial charge >= 0.3 is 0 Å². The van der Waals surface area contributed by atoms with Crippen LogP contribution >= 0.6 is 0 Å². The summed E-state index contributed by atoms with van der Waals surface area (Å²) in [7, 11) is 1.57. The standard InChI is InChI=1S/C12H14N4O2/c1-14-12(17)11-6-9(2-3-15-11)16-4-5-18-10(7-13)8-16/h2-3,6,10H,4-5,8H2,1H3,(H,14,17). The van der Waals surface area contributed by atoms with Crippen LogP contribution in [-0.2, 0) is 4.74 Å². The van der Waals surface area contributed by atoms with Crippen LogP contribution < -0.4 is 10.2 Å². The van der Waals surface area contributed by atoms with Crippen molar-refractivity contribution >= 4 is 11.6 Å². The summed E-state index contributed by atoms with van der Waals surface area (Å²) in [6.07, 6.45) is 1.17. The van der Waals surface area contributed by atoms with Crippen LogP contribution in [0.25, 0.3) is 0 Å². The Balaban J connectivity index is 2.18. The van der Waals surface area contributed by atoms with Gasteiger partial charge in [-0.3, -0.25) is 9.78 Å². The number of rotatable bonds is 2. The van der Waals surface area contributed by atoms with Gasteiger partial charge < -0.3 is 15.0 Å². The van der Waals surface area contributed by atoms with Gasteiger partial charge in [-0.05, 0) is 12.1 Å². The van der Waals surface area contributed by atoms with Crippen LogP contribution in [0, 0.1) is 11.3 Å². The molecule has 1 aromatic heterocycles. The van der Waals surface area contributed by atoms with Crippen LogP contribution in [0.4, 0.5) is 5.69 Å². The zero-order chi connectivity index (χ0) is 13.0. The zero-order valence-electron chi connectivity index (χ0n) is 10.1. The van der Waals surface area contributed by atoms with Crippen LogP contribution in [0.15, 0.2) is 18.3 Å². The summed E-state index contributed by atoms with van der Waals surface area (Å²) >= 11 is 0. The Labute approximate surface area is 105 Å². The predicted molar refractivity (Wildman–Crippen MR) is 65.2 cm³/mol. The molecule has 1 saturated heterocycles. The zero-order valence-corrected chi connectivity index (χ0v) is 10.1. The number of hydrogen-bond acceptors (Lipinski definition) is 5. The summed E-state index contributed by atoms with van der Waals surface area (Å²) in [6, 6.07) is 5.64. The van der Waals surface area contributed by atoms with E-state index in [9.17, 15) is 4.79 Å². The van der Waals surface area contributed by atoms with E-state index in [1.54, 1.807) is 19.3 Å². The Bertz CT molecular complexity index is 483. The molecular weight excluding hydrogens is 232 g/mol. The van der Waals surface area contributed by atoms with Gasteiger partial charge in [0.1, 0.15) is 5.69 Å². The number of hydrogen-bond donors (Lipinski definition) is 1. The molecule has 0 bridgehead atoms. The van der Waals surface area contributed by atoms with Crippen LogP contribution in [0.3, 0.4) is 0 Å². The molecule has 18 heavy (non-hydrogen) atoms. The van der Waals surface area contributed by atoms with E-state index in [4.69, 9.17) is 10.00 Å². The van der Waals surface area contributed by atoms with E-state index in [0.717, 1.165) is 5.69 Å². The Kier molecular flexibility index (Phi) is 3.75. The molecule has 1 aliphatic rings. The van der Waals surface area contributed by atoms with Crippen molar-refractivity contribution in [2.75, 3.05) is 31.6 Å². The highest BCUT2D eigenvalue weighted by atomic mass is 16.5. The van der Waals surface area contributed by atoms with Crippen LogP contribution in [0.5, 0.6) is 0 Å². The molecule has 1 fully saturated rings. The topological polar surface area (TPSA) is 78.3 Å². The molecule has 1 N–H and O–H groups in total. The summed E-state index contributed by atoms with van der Waals surface area (Å²) in [5.74, 6) is -0.220. The fourth-order valence-corrected chi connectivity index (χ4v) is 1.83. The minimum absolute atomic E-state index is 0.220. The molecule has 1 aromatic rings. The Morgan fingerprint density at radius 2 is 2.56 bits per heavy atom. The maximum Gasteiger partial charge on any atom is 0.269 e. The second-order valence-corrected chi connectivity index (χ2v) is 3.91. The molecule has 2 rings (SSSR count). The van der Waals surface area contributed by atoms with Gasteiger partial charge in [0.05, 0.1) is 19.2 Å². The van der Waals surface area contributed by atoms with Gasteiger partial charge in [-0.25, -0.2) is 0 Å². The maximum absolute atomic E-state index is 11.5. The number of carbonyl (C=O) groups excluding carboxylic acids is 1. The van der Waals surface area contributed by atoms with Crippen molar-refractivity contribution in [3.05, 3.63) is 24.0 Å². The summed E-state index contributed by atoms with van der Waals surface area (Å²) < 4.78 is 5.28. The highest BCUT2D eigenvalue weighted by molar-refractivity contribution is 5.92.